The Labute approximate surface area is 158 Å². The second kappa shape index (κ2) is 9.02. The summed E-state index contributed by atoms with van der Waals surface area (Å²) < 4.78 is 0. The molecule has 0 aromatic heterocycles. The second-order valence-corrected chi connectivity index (χ2v) is 7.50. The number of carbonyl (C=O) groups is 1. The molecule has 2 heteroatoms. The van der Waals surface area contributed by atoms with Crippen LogP contribution < -0.4 is 0 Å². The maximum atomic E-state index is 10.7. The lowest BCUT2D eigenvalue weighted by Crippen LogP contribution is -2.10. The first-order valence-corrected chi connectivity index (χ1v) is 9.68. The molecule has 0 saturated carbocycles. The van der Waals surface area contributed by atoms with Gasteiger partial charge in [-0.05, 0) is 86.4 Å². The SMILES string of the molecule is Cc1c(C)c(C)c(C(CCCCCC(=O)O)c2ccccc2)c(C)c1C. The lowest BCUT2D eigenvalue weighted by molar-refractivity contribution is -0.137. The Morgan fingerprint density at radius 3 is 1.88 bits per heavy atom. The Balaban J connectivity index is 2.35. The van der Waals surface area contributed by atoms with Crippen LogP contribution in [0.1, 0.15) is 77.0 Å². The smallest absolute Gasteiger partial charge is 0.303 e. The number of rotatable bonds is 8. The molecular formula is C24H32O2. The summed E-state index contributed by atoms with van der Waals surface area (Å²) in [4.78, 5) is 10.7. The van der Waals surface area contributed by atoms with Crippen LogP contribution in [0.15, 0.2) is 30.3 Å². The predicted molar refractivity (Wildman–Crippen MR) is 109 cm³/mol. The van der Waals surface area contributed by atoms with Crippen molar-refractivity contribution in [1.82, 2.24) is 0 Å². The Morgan fingerprint density at radius 2 is 1.35 bits per heavy atom. The molecule has 0 saturated heterocycles. The van der Waals surface area contributed by atoms with E-state index < -0.39 is 5.97 Å². The van der Waals surface area contributed by atoms with Crippen LogP contribution in [0.3, 0.4) is 0 Å². The first-order valence-electron chi connectivity index (χ1n) is 9.68. The van der Waals surface area contributed by atoms with Crippen molar-refractivity contribution in [3.05, 3.63) is 69.3 Å². The van der Waals surface area contributed by atoms with Gasteiger partial charge in [-0.3, -0.25) is 4.79 Å². The molecule has 2 aromatic rings. The van der Waals surface area contributed by atoms with Crippen LogP contribution in [0.5, 0.6) is 0 Å². The molecule has 1 atom stereocenters. The lowest BCUT2D eigenvalue weighted by Gasteiger charge is -2.26. The van der Waals surface area contributed by atoms with Gasteiger partial charge < -0.3 is 5.11 Å². The highest BCUT2D eigenvalue weighted by atomic mass is 16.4. The number of hydrogen-bond donors (Lipinski definition) is 1. The number of hydrogen-bond acceptors (Lipinski definition) is 1. The predicted octanol–water partition coefficient (Wildman–Crippen LogP) is 6.40. The Morgan fingerprint density at radius 1 is 0.808 bits per heavy atom. The molecule has 0 heterocycles. The van der Waals surface area contributed by atoms with Gasteiger partial charge in [-0.15, -0.1) is 0 Å². The summed E-state index contributed by atoms with van der Waals surface area (Å²) >= 11 is 0. The minimum Gasteiger partial charge on any atom is -0.481 e. The fraction of sp³-hybridized carbons (Fsp3) is 0.458. The van der Waals surface area contributed by atoms with Crippen LogP contribution in [0, 0.1) is 34.6 Å². The largest absolute Gasteiger partial charge is 0.481 e. The van der Waals surface area contributed by atoms with Gasteiger partial charge in [-0.1, -0.05) is 43.2 Å². The molecule has 0 radical (unpaired) electrons. The highest BCUT2D eigenvalue weighted by Gasteiger charge is 2.21. The van der Waals surface area contributed by atoms with Crippen LogP contribution in [0.25, 0.3) is 0 Å². The van der Waals surface area contributed by atoms with Crippen molar-refractivity contribution in [3.63, 3.8) is 0 Å². The van der Waals surface area contributed by atoms with Gasteiger partial charge in [0.2, 0.25) is 0 Å². The molecule has 26 heavy (non-hydrogen) atoms. The van der Waals surface area contributed by atoms with Crippen LogP contribution in [0.2, 0.25) is 0 Å². The molecule has 0 spiro atoms. The molecule has 140 valence electrons. The summed E-state index contributed by atoms with van der Waals surface area (Å²) in [5.74, 6) is -0.319. The summed E-state index contributed by atoms with van der Waals surface area (Å²) in [5, 5.41) is 8.84. The van der Waals surface area contributed by atoms with E-state index in [-0.39, 0.29) is 6.42 Å². The van der Waals surface area contributed by atoms with Crippen LogP contribution in [-0.2, 0) is 4.79 Å². The fourth-order valence-electron chi connectivity index (χ4n) is 4.02. The number of carboxylic acids is 1. The van der Waals surface area contributed by atoms with Crippen molar-refractivity contribution in [2.75, 3.05) is 0 Å². The average molecular weight is 353 g/mol. The zero-order valence-electron chi connectivity index (χ0n) is 16.9. The molecule has 1 unspecified atom stereocenters. The summed E-state index contributed by atoms with van der Waals surface area (Å²) in [7, 11) is 0. The van der Waals surface area contributed by atoms with Crippen LogP contribution in [0.4, 0.5) is 0 Å². The normalized spacial score (nSPS) is 12.2. The van der Waals surface area contributed by atoms with E-state index in [9.17, 15) is 4.79 Å². The van der Waals surface area contributed by atoms with Gasteiger partial charge in [0.05, 0.1) is 0 Å². The summed E-state index contributed by atoms with van der Waals surface area (Å²) in [6, 6.07) is 10.8. The highest BCUT2D eigenvalue weighted by Crippen LogP contribution is 2.38. The minimum absolute atomic E-state index is 0.275. The van der Waals surface area contributed by atoms with Gasteiger partial charge >= 0.3 is 5.97 Å². The lowest BCUT2D eigenvalue weighted by atomic mass is 9.78. The van der Waals surface area contributed by atoms with E-state index in [4.69, 9.17) is 5.11 Å². The first-order chi connectivity index (χ1) is 12.3. The quantitative estimate of drug-likeness (QED) is 0.558. The van der Waals surface area contributed by atoms with Crippen LogP contribution in [-0.4, -0.2) is 11.1 Å². The zero-order chi connectivity index (χ0) is 19.3. The minimum atomic E-state index is -0.693. The van der Waals surface area contributed by atoms with E-state index in [0.717, 1.165) is 25.7 Å². The second-order valence-electron chi connectivity index (χ2n) is 7.50. The molecular weight excluding hydrogens is 320 g/mol. The summed E-state index contributed by atoms with van der Waals surface area (Å²) in [6.45, 7) is 11.2. The Kier molecular flexibility index (Phi) is 7.02. The maximum absolute atomic E-state index is 10.7. The molecule has 2 aromatic carbocycles. The maximum Gasteiger partial charge on any atom is 0.303 e. The Hall–Kier alpha value is -2.09. The monoisotopic (exact) mass is 352 g/mol. The van der Waals surface area contributed by atoms with Gasteiger partial charge in [0.1, 0.15) is 0 Å². The van der Waals surface area contributed by atoms with E-state index in [2.05, 4.69) is 65.0 Å². The fourth-order valence-corrected chi connectivity index (χ4v) is 4.02. The third kappa shape index (κ3) is 4.55. The standard InChI is InChI=1S/C24H32O2/c1-16-17(2)19(4)24(20(5)18(16)3)22(21-12-8-6-9-13-21)14-10-7-11-15-23(25)26/h6,8-9,12-13,22H,7,10-11,14-15H2,1-5H3,(H,25,26). The van der Waals surface area contributed by atoms with Crippen molar-refractivity contribution in [3.8, 4) is 0 Å². The van der Waals surface area contributed by atoms with E-state index in [1.54, 1.807) is 0 Å². The number of carboxylic acid groups (broad SMARTS) is 1. The zero-order valence-corrected chi connectivity index (χ0v) is 16.9. The van der Waals surface area contributed by atoms with Gasteiger partial charge in [-0.25, -0.2) is 0 Å². The first kappa shape index (κ1) is 20.2. The van der Waals surface area contributed by atoms with E-state index in [1.807, 2.05) is 0 Å². The number of benzene rings is 2. The van der Waals surface area contributed by atoms with E-state index in [0.29, 0.717) is 5.92 Å². The van der Waals surface area contributed by atoms with Gasteiger partial charge in [-0.2, -0.15) is 0 Å². The Bertz CT molecular complexity index is 731. The van der Waals surface area contributed by atoms with Crippen LogP contribution >= 0.6 is 0 Å². The molecule has 2 rings (SSSR count). The molecule has 0 amide bonds. The number of unbranched alkanes of at least 4 members (excludes halogenated alkanes) is 2. The van der Waals surface area contributed by atoms with Crippen molar-refractivity contribution < 1.29 is 9.90 Å². The van der Waals surface area contributed by atoms with Crippen molar-refractivity contribution in [2.45, 2.75) is 72.6 Å². The molecule has 0 bridgehead atoms. The average Bonchev–Trinajstić information content (AvgIpc) is 2.63. The third-order valence-corrected chi connectivity index (χ3v) is 5.99. The molecule has 0 fully saturated rings. The molecule has 2 nitrogen and oxygen atoms in total. The van der Waals surface area contributed by atoms with Crippen molar-refractivity contribution in [1.29, 1.82) is 0 Å². The van der Waals surface area contributed by atoms with E-state index in [1.165, 1.54) is 38.9 Å². The molecule has 0 aliphatic carbocycles. The summed E-state index contributed by atoms with van der Waals surface area (Å²) in [6.07, 6.45) is 4.13. The molecule has 0 aliphatic rings. The van der Waals surface area contributed by atoms with Gasteiger partial charge in [0.15, 0.2) is 0 Å². The topological polar surface area (TPSA) is 37.3 Å². The number of aliphatic carboxylic acids is 1. The summed E-state index contributed by atoms with van der Waals surface area (Å²) in [5.41, 5.74) is 9.84. The van der Waals surface area contributed by atoms with Gasteiger partial charge in [0.25, 0.3) is 0 Å². The van der Waals surface area contributed by atoms with E-state index >= 15 is 0 Å². The third-order valence-electron chi connectivity index (χ3n) is 5.99. The van der Waals surface area contributed by atoms with Crippen molar-refractivity contribution >= 4 is 5.97 Å². The van der Waals surface area contributed by atoms with Gasteiger partial charge in [0, 0.05) is 12.3 Å². The molecule has 1 N–H and O–H groups in total. The molecule has 0 aliphatic heterocycles. The highest BCUT2D eigenvalue weighted by molar-refractivity contribution is 5.66. The van der Waals surface area contributed by atoms with Crippen molar-refractivity contribution in [2.24, 2.45) is 0 Å².